The molecule has 4 atom stereocenters. The fourth-order valence-corrected chi connectivity index (χ4v) is 3.55. The van der Waals surface area contributed by atoms with E-state index in [1.807, 2.05) is 18.9 Å². The monoisotopic (exact) mass is 243 g/mol. The average molecular weight is 244 g/mol. The van der Waals surface area contributed by atoms with E-state index in [9.17, 15) is 4.79 Å². The second-order valence-electron chi connectivity index (χ2n) is 5.65. The smallest absolute Gasteiger partial charge is 0.222 e. The summed E-state index contributed by atoms with van der Waals surface area (Å²) < 4.78 is 0. The highest BCUT2D eigenvalue weighted by molar-refractivity contribution is 6.18. The molecule has 3 heteroatoms. The number of fused-ring (bicyclic) bond motifs is 2. The fourth-order valence-electron chi connectivity index (χ4n) is 3.34. The van der Waals surface area contributed by atoms with E-state index >= 15 is 0 Å². The van der Waals surface area contributed by atoms with Gasteiger partial charge in [-0.05, 0) is 43.9 Å². The Kier molecular flexibility index (Phi) is 3.78. The Morgan fingerprint density at radius 1 is 1.44 bits per heavy atom. The molecule has 0 aromatic heterocycles. The summed E-state index contributed by atoms with van der Waals surface area (Å²) in [6, 6.07) is 0.160. The first-order valence-corrected chi connectivity index (χ1v) is 6.97. The molecular weight excluding hydrogens is 222 g/mol. The summed E-state index contributed by atoms with van der Waals surface area (Å²) in [5.74, 6) is 3.24. The zero-order valence-electron chi connectivity index (χ0n) is 10.3. The van der Waals surface area contributed by atoms with Crippen LogP contribution in [0.3, 0.4) is 0 Å². The maximum atomic E-state index is 12.0. The lowest BCUT2D eigenvalue weighted by atomic mass is 9.86. The molecule has 0 N–H and O–H groups in total. The molecule has 2 saturated carbocycles. The van der Waals surface area contributed by atoms with Gasteiger partial charge in [-0.1, -0.05) is 6.42 Å². The predicted molar refractivity (Wildman–Crippen MR) is 66.5 cm³/mol. The van der Waals surface area contributed by atoms with Gasteiger partial charge in [-0.2, -0.15) is 0 Å². The number of carbonyl (C=O) groups is 1. The van der Waals surface area contributed by atoms with Crippen LogP contribution in [0, 0.1) is 17.8 Å². The number of hydrogen-bond acceptors (Lipinski definition) is 1. The maximum Gasteiger partial charge on any atom is 0.222 e. The van der Waals surface area contributed by atoms with Crippen molar-refractivity contribution in [1.82, 2.24) is 4.90 Å². The minimum atomic E-state index is 0.160. The van der Waals surface area contributed by atoms with E-state index in [-0.39, 0.29) is 11.9 Å². The van der Waals surface area contributed by atoms with Crippen molar-refractivity contribution >= 4 is 17.5 Å². The second kappa shape index (κ2) is 4.95. The quantitative estimate of drug-likeness (QED) is 0.696. The number of nitrogens with zero attached hydrogens (tertiary/aromatic N) is 1. The number of hydrogen-bond donors (Lipinski definition) is 0. The Bertz CT molecular complexity index is 269. The van der Waals surface area contributed by atoms with E-state index in [1.165, 1.54) is 25.7 Å². The Morgan fingerprint density at radius 3 is 2.69 bits per heavy atom. The first-order chi connectivity index (χ1) is 7.61. The molecule has 1 amide bonds. The van der Waals surface area contributed by atoms with Crippen LogP contribution in [0.2, 0.25) is 0 Å². The summed E-state index contributed by atoms with van der Waals surface area (Å²) in [5.41, 5.74) is 0. The van der Waals surface area contributed by atoms with Gasteiger partial charge in [-0.15, -0.1) is 11.6 Å². The SMILES string of the molecule is CC(CCl)N(C)C(=O)CC1CC2CCC1C2. The highest BCUT2D eigenvalue weighted by atomic mass is 35.5. The van der Waals surface area contributed by atoms with E-state index in [0.717, 1.165) is 18.3 Å². The molecule has 0 aromatic carbocycles. The van der Waals surface area contributed by atoms with Gasteiger partial charge in [0.25, 0.3) is 0 Å². The van der Waals surface area contributed by atoms with Crippen molar-refractivity contribution in [2.24, 2.45) is 17.8 Å². The largest absolute Gasteiger partial charge is 0.342 e. The van der Waals surface area contributed by atoms with Crippen molar-refractivity contribution in [1.29, 1.82) is 0 Å². The molecule has 2 bridgehead atoms. The molecule has 2 nitrogen and oxygen atoms in total. The van der Waals surface area contributed by atoms with Crippen molar-refractivity contribution in [3.8, 4) is 0 Å². The van der Waals surface area contributed by atoms with Gasteiger partial charge in [0.15, 0.2) is 0 Å². The third kappa shape index (κ3) is 2.37. The van der Waals surface area contributed by atoms with Crippen molar-refractivity contribution in [2.45, 2.75) is 45.1 Å². The van der Waals surface area contributed by atoms with Gasteiger partial charge in [-0.3, -0.25) is 4.79 Å². The fraction of sp³-hybridized carbons (Fsp3) is 0.923. The van der Waals surface area contributed by atoms with Crippen molar-refractivity contribution in [2.75, 3.05) is 12.9 Å². The summed E-state index contributed by atoms with van der Waals surface area (Å²) in [4.78, 5) is 13.9. The molecule has 0 heterocycles. The lowest BCUT2D eigenvalue weighted by Gasteiger charge is -2.27. The second-order valence-corrected chi connectivity index (χ2v) is 5.96. The Labute approximate surface area is 103 Å². The molecule has 0 aliphatic heterocycles. The molecule has 92 valence electrons. The summed E-state index contributed by atoms with van der Waals surface area (Å²) in [6.07, 6.45) is 6.19. The molecule has 16 heavy (non-hydrogen) atoms. The van der Waals surface area contributed by atoms with Crippen LogP contribution < -0.4 is 0 Å². The third-order valence-electron chi connectivity index (χ3n) is 4.60. The lowest BCUT2D eigenvalue weighted by Crippen LogP contribution is -2.37. The van der Waals surface area contributed by atoms with E-state index in [2.05, 4.69) is 0 Å². The third-order valence-corrected chi connectivity index (χ3v) is 5.05. The Balaban J connectivity index is 1.83. The zero-order valence-corrected chi connectivity index (χ0v) is 11.0. The number of halogens is 1. The lowest BCUT2D eigenvalue weighted by molar-refractivity contribution is -0.132. The molecule has 0 spiro atoms. The molecule has 2 aliphatic rings. The molecule has 2 fully saturated rings. The Hall–Kier alpha value is -0.240. The van der Waals surface area contributed by atoms with E-state index in [4.69, 9.17) is 11.6 Å². The Morgan fingerprint density at radius 2 is 2.19 bits per heavy atom. The number of amides is 1. The van der Waals surface area contributed by atoms with Crippen molar-refractivity contribution in [3.05, 3.63) is 0 Å². The van der Waals surface area contributed by atoms with Crippen LogP contribution in [0.1, 0.15) is 39.0 Å². The predicted octanol–water partition coefficient (Wildman–Crippen LogP) is 2.90. The van der Waals surface area contributed by atoms with Gasteiger partial charge in [0.1, 0.15) is 0 Å². The topological polar surface area (TPSA) is 20.3 Å². The molecule has 2 aliphatic carbocycles. The highest BCUT2D eigenvalue weighted by Gasteiger charge is 2.40. The normalized spacial score (nSPS) is 34.1. The molecule has 0 saturated heterocycles. The molecular formula is C13H22ClNO. The highest BCUT2D eigenvalue weighted by Crippen LogP contribution is 2.49. The maximum absolute atomic E-state index is 12.0. The van der Waals surface area contributed by atoms with Gasteiger partial charge >= 0.3 is 0 Å². The minimum Gasteiger partial charge on any atom is -0.342 e. The standard InChI is InChI=1S/C13H22ClNO/c1-9(8-14)15(2)13(16)7-12-6-10-3-4-11(12)5-10/h9-12H,3-8H2,1-2H3. The number of rotatable bonds is 4. The summed E-state index contributed by atoms with van der Waals surface area (Å²) in [5, 5.41) is 0. The molecule has 2 rings (SSSR count). The number of carbonyl (C=O) groups excluding carboxylic acids is 1. The van der Waals surface area contributed by atoms with Crippen LogP contribution >= 0.6 is 11.6 Å². The average Bonchev–Trinajstić information content (AvgIpc) is 2.88. The minimum absolute atomic E-state index is 0.160. The summed E-state index contributed by atoms with van der Waals surface area (Å²) in [6.45, 7) is 2.01. The summed E-state index contributed by atoms with van der Waals surface area (Å²) >= 11 is 5.78. The molecule has 0 radical (unpaired) electrons. The van der Waals surface area contributed by atoms with Crippen molar-refractivity contribution in [3.63, 3.8) is 0 Å². The van der Waals surface area contributed by atoms with Crippen LogP contribution in [-0.4, -0.2) is 29.8 Å². The number of alkyl halides is 1. The van der Waals surface area contributed by atoms with Gasteiger partial charge in [-0.25, -0.2) is 0 Å². The molecule has 0 aromatic rings. The van der Waals surface area contributed by atoms with Gasteiger partial charge in [0.05, 0.1) is 0 Å². The van der Waals surface area contributed by atoms with Gasteiger partial charge in [0, 0.05) is 25.4 Å². The van der Waals surface area contributed by atoms with Crippen molar-refractivity contribution < 1.29 is 4.79 Å². The first-order valence-electron chi connectivity index (χ1n) is 6.43. The van der Waals surface area contributed by atoms with E-state index in [1.54, 1.807) is 0 Å². The summed E-state index contributed by atoms with van der Waals surface area (Å²) in [7, 11) is 1.88. The van der Waals surface area contributed by atoms with E-state index in [0.29, 0.717) is 11.8 Å². The van der Waals surface area contributed by atoms with Gasteiger partial charge < -0.3 is 4.90 Å². The van der Waals surface area contributed by atoms with Crippen LogP contribution in [0.4, 0.5) is 0 Å². The van der Waals surface area contributed by atoms with E-state index < -0.39 is 0 Å². The first kappa shape index (κ1) is 12.2. The van der Waals surface area contributed by atoms with Crippen LogP contribution in [0.5, 0.6) is 0 Å². The van der Waals surface area contributed by atoms with Crippen LogP contribution in [0.15, 0.2) is 0 Å². The van der Waals surface area contributed by atoms with Crippen LogP contribution in [0.25, 0.3) is 0 Å². The zero-order chi connectivity index (χ0) is 11.7. The van der Waals surface area contributed by atoms with Crippen LogP contribution in [-0.2, 0) is 4.79 Å². The van der Waals surface area contributed by atoms with Gasteiger partial charge in [0.2, 0.25) is 5.91 Å². The molecule has 4 unspecified atom stereocenters.